The Morgan fingerprint density at radius 2 is 2.12 bits per heavy atom. The van der Waals surface area contributed by atoms with E-state index in [0.717, 1.165) is 38.6 Å². The molecule has 6 heteroatoms. The summed E-state index contributed by atoms with van der Waals surface area (Å²) in [5.41, 5.74) is 3.67. The van der Waals surface area contributed by atoms with Crippen molar-refractivity contribution in [1.29, 1.82) is 0 Å². The van der Waals surface area contributed by atoms with Crippen molar-refractivity contribution in [2.75, 3.05) is 24.6 Å². The van der Waals surface area contributed by atoms with Gasteiger partial charge in [-0.05, 0) is 18.6 Å². The molecule has 25 heavy (non-hydrogen) atoms. The number of rotatable bonds is 5. The van der Waals surface area contributed by atoms with Crippen LogP contribution in [0.2, 0.25) is 0 Å². The predicted molar refractivity (Wildman–Crippen MR) is 99.7 cm³/mol. The number of H-pyrrole nitrogens is 1. The van der Waals surface area contributed by atoms with Crippen LogP contribution in [0, 0.1) is 0 Å². The fourth-order valence-electron chi connectivity index (χ4n) is 3.17. The molecule has 136 valence electrons. The Morgan fingerprint density at radius 1 is 1.28 bits per heavy atom. The molecule has 1 aliphatic rings. The molecule has 0 aromatic carbocycles. The van der Waals surface area contributed by atoms with Crippen LogP contribution >= 0.6 is 0 Å². The Kier molecular flexibility index (Phi) is 5.39. The molecule has 1 saturated heterocycles. The summed E-state index contributed by atoms with van der Waals surface area (Å²) in [7, 11) is 0. The van der Waals surface area contributed by atoms with Gasteiger partial charge in [-0.1, -0.05) is 26.8 Å². The predicted octanol–water partition coefficient (Wildman–Crippen LogP) is 2.62. The largest absolute Gasteiger partial charge is 0.375 e. The molecule has 2 N–H and O–H groups in total. The molecule has 0 saturated carbocycles. The van der Waals surface area contributed by atoms with Gasteiger partial charge in [0, 0.05) is 49.0 Å². The highest BCUT2D eigenvalue weighted by atomic mass is 16.5. The fraction of sp³-hybridized carbons (Fsp3) is 0.579. The first kappa shape index (κ1) is 17.9. The molecule has 3 heterocycles. The van der Waals surface area contributed by atoms with E-state index in [2.05, 4.69) is 65.2 Å². The lowest BCUT2D eigenvalue weighted by atomic mass is 9.89. The van der Waals surface area contributed by atoms with Gasteiger partial charge in [-0.2, -0.15) is 5.10 Å². The molecule has 1 unspecified atom stereocenters. The maximum atomic E-state index is 5.59. The maximum Gasteiger partial charge on any atom is 0.128 e. The summed E-state index contributed by atoms with van der Waals surface area (Å²) in [6, 6.07) is 4.25. The lowest BCUT2D eigenvalue weighted by molar-refractivity contribution is 0.0529. The third kappa shape index (κ3) is 4.58. The highest BCUT2D eigenvalue weighted by molar-refractivity contribution is 5.40. The smallest absolute Gasteiger partial charge is 0.128 e. The number of pyridine rings is 1. The van der Waals surface area contributed by atoms with Crippen LogP contribution in [0.4, 0.5) is 5.82 Å². The summed E-state index contributed by atoms with van der Waals surface area (Å²) in [5, 5.41) is 10.8. The molecule has 0 amide bonds. The molecular formula is C19H29N5O. The van der Waals surface area contributed by atoms with Crippen LogP contribution in [0.1, 0.15) is 44.5 Å². The monoisotopic (exact) mass is 343 g/mol. The second-order valence-electron chi connectivity index (χ2n) is 7.78. The first-order chi connectivity index (χ1) is 11.9. The molecule has 2 aromatic heterocycles. The number of nitrogens with zero attached hydrogens (tertiary/aromatic N) is 3. The van der Waals surface area contributed by atoms with E-state index in [-0.39, 0.29) is 11.5 Å². The Morgan fingerprint density at radius 3 is 2.80 bits per heavy atom. The second kappa shape index (κ2) is 7.54. The molecule has 6 nitrogen and oxygen atoms in total. The standard InChI is InChI=1S/C19H29N5O/c1-14-13-24(7-8-25-14)17-6-5-15(10-21-17)9-20-11-16-12-22-23-18(16)19(2,3)4/h5-6,10,12,14,20H,7-9,11,13H2,1-4H3,(H,22,23). The molecule has 1 aliphatic heterocycles. The third-order valence-electron chi connectivity index (χ3n) is 4.49. The van der Waals surface area contributed by atoms with Gasteiger partial charge in [0.15, 0.2) is 0 Å². The zero-order valence-corrected chi connectivity index (χ0v) is 15.7. The number of anilines is 1. The van der Waals surface area contributed by atoms with E-state index in [1.807, 2.05) is 12.4 Å². The lowest BCUT2D eigenvalue weighted by Crippen LogP contribution is -2.41. The number of morpholine rings is 1. The van der Waals surface area contributed by atoms with Gasteiger partial charge in [0.25, 0.3) is 0 Å². The fourth-order valence-corrected chi connectivity index (χ4v) is 3.17. The summed E-state index contributed by atoms with van der Waals surface area (Å²) >= 11 is 0. The molecule has 3 rings (SSSR count). The minimum absolute atomic E-state index is 0.0754. The van der Waals surface area contributed by atoms with Gasteiger partial charge < -0.3 is 15.0 Å². The minimum atomic E-state index is 0.0754. The minimum Gasteiger partial charge on any atom is -0.375 e. The molecule has 0 radical (unpaired) electrons. The van der Waals surface area contributed by atoms with Gasteiger partial charge in [-0.25, -0.2) is 4.98 Å². The van der Waals surface area contributed by atoms with E-state index in [1.165, 1.54) is 16.8 Å². The van der Waals surface area contributed by atoms with Crippen molar-refractivity contribution in [3.8, 4) is 0 Å². The Balaban J connectivity index is 1.53. The quantitative estimate of drug-likeness (QED) is 0.874. The van der Waals surface area contributed by atoms with Crippen molar-refractivity contribution in [2.45, 2.75) is 52.3 Å². The van der Waals surface area contributed by atoms with Crippen LogP contribution in [-0.2, 0) is 23.2 Å². The molecule has 0 bridgehead atoms. The molecular weight excluding hydrogens is 314 g/mol. The SMILES string of the molecule is CC1CN(c2ccc(CNCc3cn[nH]c3C(C)(C)C)cn2)CCO1. The van der Waals surface area contributed by atoms with Gasteiger partial charge >= 0.3 is 0 Å². The van der Waals surface area contributed by atoms with E-state index < -0.39 is 0 Å². The third-order valence-corrected chi connectivity index (χ3v) is 4.49. The van der Waals surface area contributed by atoms with Crippen molar-refractivity contribution in [2.24, 2.45) is 0 Å². The summed E-state index contributed by atoms with van der Waals surface area (Å²) in [6.07, 6.45) is 4.14. The van der Waals surface area contributed by atoms with Crippen LogP contribution in [0.3, 0.4) is 0 Å². The van der Waals surface area contributed by atoms with Gasteiger partial charge in [0.1, 0.15) is 5.82 Å². The summed E-state index contributed by atoms with van der Waals surface area (Å²) < 4.78 is 5.59. The van der Waals surface area contributed by atoms with E-state index in [1.54, 1.807) is 0 Å². The first-order valence-electron chi connectivity index (χ1n) is 8.98. The molecule has 1 fully saturated rings. The van der Waals surface area contributed by atoms with Crippen LogP contribution < -0.4 is 10.2 Å². The number of hydrogen-bond donors (Lipinski definition) is 2. The maximum absolute atomic E-state index is 5.59. The second-order valence-corrected chi connectivity index (χ2v) is 7.78. The highest BCUT2D eigenvalue weighted by Gasteiger charge is 2.20. The van der Waals surface area contributed by atoms with Gasteiger partial charge in [0.2, 0.25) is 0 Å². The summed E-state index contributed by atoms with van der Waals surface area (Å²) in [5.74, 6) is 1.03. The average Bonchev–Trinajstić information content (AvgIpc) is 3.04. The van der Waals surface area contributed by atoms with E-state index in [4.69, 9.17) is 4.74 Å². The van der Waals surface area contributed by atoms with Crippen LogP contribution in [0.25, 0.3) is 0 Å². The molecule has 1 atom stereocenters. The highest BCUT2D eigenvalue weighted by Crippen LogP contribution is 2.23. The van der Waals surface area contributed by atoms with Crippen LogP contribution in [-0.4, -0.2) is 41.0 Å². The van der Waals surface area contributed by atoms with Crippen molar-refractivity contribution in [3.05, 3.63) is 41.3 Å². The number of aromatic nitrogens is 3. The summed E-state index contributed by atoms with van der Waals surface area (Å²) in [6.45, 7) is 12.9. The average molecular weight is 343 g/mol. The molecule has 0 aliphatic carbocycles. The zero-order chi connectivity index (χ0) is 17.9. The Hall–Kier alpha value is -1.92. The number of nitrogens with one attached hydrogen (secondary N) is 2. The van der Waals surface area contributed by atoms with Crippen LogP contribution in [0.5, 0.6) is 0 Å². The van der Waals surface area contributed by atoms with Crippen molar-refractivity contribution in [1.82, 2.24) is 20.5 Å². The lowest BCUT2D eigenvalue weighted by Gasteiger charge is -2.32. The molecule has 2 aromatic rings. The van der Waals surface area contributed by atoms with Gasteiger partial charge in [-0.15, -0.1) is 0 Å². The zero-order valence-electron chi connectivity index (χ0n) is 15.7. The molecule has 0 spiro atoms. The summed E-state index contributed by atoms with van der Waals surface area (Å²) in [4.78, 5) is 6.91. The van der Waals surface area contributed by atoms with Crippen LogP contribution in [0.15, 0.2) is 24.5 Å². The number of hydrogen-bond acceptors (Lipinski definition) is 5. The van der Waals surface area contributed by atoms with E-state index in [9.17, 15) is 0 Å². The van der Waals surface area contributed by atoms with E-state index >= 15 is 0 Å². The van der Waals surface area contributed by atoms with Gasteiger partial charge in [-0.3, -0.25) is 5.10 Å². The Bertz CT molecular complexity index is 674. The normalized spacial score (nSPS) is 18.6. The van der Waals surface area contributed by atoms with Crippen molar-refractivity contribution >= 4 is 5.82 Å². The number of aromatic amines is 1. The van der Waals surface area contributed by atoms with Crippen molar-refractivity contribution < 1.29 is 4.74 Å². The van der Waals surface area contributed by atoms with E-state index in [0.29, 0.717) is 0 Å². The van der Waals surface area contributed by atoms with Gasteiger partial charge in [0.05, 0.1) is 18.9 Å². The first-order valence-corrected chi connectivity index (χ1v) is 8.98. The topological polar surface area (TPSA) is 66.1 Å². The number of ether oxygens (including phenoxy) is 1. The van der Waals surface area contributed by atoms with Crippen molar-refractivity contribution in [3.63, 3.8) is 0 Å². The Labute approximate surface area is 150 Å².